The van der Waals surface area contributed by atoms with Crippen LogP contribution < -0.4 is 5.32 Å². The smallest absolute Gasteiger partial charge is 0.234 e. The molecule has 5 heteroatoms. The summed E-state index contributed by atoms with van der Waals surface area (Å²) in [4.78, 5) is 18.1. The van der Waals surface area contributed by atoms with Gasteiger partial charge in [0.05, 0.1) is 18.1 Å². The van der Waals surface area contributed by atoms with Gasteiger partial charge in [-0.2, -0.15) is 0 Å². The van der Waals surface area contributed by atoms with Crippen molar-refractivity contribution in [2.75, 3.05) is 39.3 Å². The number of aliphatic hydroxyl groups excluding tert-OH is 1. The molecule has 2 aromatic carbocycles. The molecule has 2 aromatic rings. The number of carbonyl (C=O) groups excluding carboxylic acids is 1. The number of piperazine rings is 1. The second-order valence-electron chi connectivity index (χ2n) is 7.85. The molecule has 0 aliphatic carbocycles. The zero-order valence-electron chi connectivity index (χ0n) is 16.2. The van der Waals surface area contributed by atoms with Crippen LogP contribution in [-0.2, 0) is 4.79 Å². The molecule has 2 atom stereocenters. The lowest BCUT2D eigenvalue weighted by atomic mass is 9.89. The summed E-state index contributed by atoms with van der Waals surface area (Å²) >= 11 is 0. The fraction of sp³-hybridized carbons (Fsp3) is 0.435. The highest BCUT2D eigenvalue weighted by Gasteiger charge is 2.35. The summed E-state index contributed by atoms with van der Waals surface area (Å²) in [5.41, 5.74) is 2.07. The summed E-state index contributed by atoms with van der Waals surface area (Å²) < 4.78 is 0. The maximum Gasteiger partial charge on any atom is 0.234 e. The summed E-state index contributed by atoms with van der Waals surface area (Å²) in [7, 11) is 0. The summed E-state index contributed by atoms with van der Waals surface area (Å²) in [5, 5.41) is 13.3. The van der Waals surface area contributed by atoms with Gasteiger partial charge in [0.15, 0.2) is 0 Å². The largest absolute Gasteiger partial charge is 0.392 e. The lowest BCUT2D eigenvalue weighted by Gasteiger charge is -2.40. The second-order valence-corrected chi connectivity index (χ2v) is 7.85. The molecule has 28 heavy (non-hydrogen) atoms. The molecule has 2 aliphatic rings. The second kappa shape index (κ2) is 8.86. The quantitative estimate of drug-likeness (QED) is 0.830. The van der Waals surface area contributed by atoms with Crippen LogP contribution in [0.15, 0.2) is 60.7 Å². The summed E-state index contributed by atoms with van der Waals surface area (Å²) in [6.45, 7) is 4.76. The van der Waals surface area contributed by atoms with Gasteiger partial charge in [-0.25, -0.2) is 0 Å². The highest BCUT2D eigenvalue weighted by atomic mass is 16.3. The molecule has 2 N–H and O–H groups in total. The molecule has 0 radical (unpaired) electrons. The van der Waals surface area contributed by atoms with E-state index < -0.39 is 0 Å². The van der Waals surface area contributed by atoms with Crippen LogP contribution >= 0.6 is 0 Å². The number of benzene rings is 2. The molecule has 5 nitrogen and oxygen atoms in total. The Hall–Kier alpha value is -2.21. The third-order valence-electron chi connectivity index (χ3n) is 5.86. The van der Waals surface area contributed by atoms with Gasteiger partial charge in [0.1, 0.15) is 0 Å². The minimum absolute atomic E-state index is 0.126. The molecule has 1 unspecified atom stereocenters. The highest BCUT2D eigenvalue weighted by Crippen LogP contribution is 2.28. The fourth-order valence-electron chi connectivity index (χ4n) is 4.42. The Morgan fingerprint density at radius 1 is 1.04 bits per heavy atom. The van der Waals surface area contributed by atoms with Crippen molar-refractivity contribution in [3.8, 4) is 0 Å². The molecule has 2 fully saturated rings. The van der Waals surface area contributed by atoms with E-state index in [1.54, 1.807) is 0 Å². The standard InChI is InChI=1S/C23H29N3O2/c27-21-11-13-25(17-21)16-20-15-24-12-14-26(20)23(28)22(18-7-3-1-4-8-18)19-9-5-2-6-10-19/h1-10,20-22,24,27H,11-17H2/t20?,21-/m0/s1. The van der Waals surface area contributed by atoms with E-state index in [1.807, 2.05) is 60.7 Å². The third-order valence-corrected chi connectivity index (χ3v) is 5.86. The molecule has 0 spiro atoms. The first-order valence-corrected chi connectivity index (χ1v) is 10.2. The van der Waals surface area contributed by atoms with Crippen molar-refractivity contribution < 1.29 is 9.90 Å². The van der Waals surface area contributed by atoms with Crippen molar-refractivity contribution in [3.05, 3.63) is 71.8 Å². The minimum atomic E-state index is -0.285. The molecule has 0 saturated carbocycles. The van der Waals surface area contributed by atoms with E-state index in [9.17, 15) is 9.90 Å². The van der Waals surface area contributed by atoms with Crippen molar-refractivity contribution >= 4 is 5.91 Å². The Kier molecular flexibility index (Phi) is 6.05. The van der Waals surface area contributed by atoms with Crippen LogP contribution in [0.1, 0.15) is 23.5 Å². The van der Waals surface area contributed by atoms with Gasteiger partial charge < -0.3 is 15.3 Å². The van der Waals surface area contributed by atoms with Crippen LogP contribution in [0.2, 0.25) is 0 Å². The average molecular weight is 380 g/mol. The van der Waals surface area contributed by atoms with Crippen molar-refractivity contribution in [1.29, 1.82) is 0 Å². The number of likely N-dealkylation sites (tertiary alicyclic amines) is 1. The van der Waals surface area contributed by atoms with Gasteiger partial charge in [0.2, 0.25) is 5.91 Å². The Morgan fingerprint density at radius 2 is 1.68 bits per heavy atom. The van der Waals surface area contributed by atoms with Crippen LogP contribution in [0.3, 0.4) is 0 Å². The maximum absolute atomic E-state index is 13.8. The van der Waals surface area contributed by atoms with Gasteiger partial charge in [-0.15, -0.1) is 0 Å². The van der Waals surface area contributed by atoms with Crippen LogP contribution in [0.5, 0.6) is 0 Å². The molecule has 0 bridgehead atoms. The van der Waals surface area contributed by atoms with E-state index in [2.05, 4.69) is 15.1 Å². The van der Waals surface area contributed by atoms with Gasteiger partial charge in [-0.3, -0.25) is 9.69 Å². The van der Waals surface area contributed by atoms with Gasteiger partial charge in [0, 0.05) is 39.3 Å². The predicted molar refractivity (Wildman–Crippen MR) is 110 cm³/mol. The zero-order chi connectivity index (χ0) is 19.3. The Morgan fingerprint density at radius 3 is 2.25 bits per heavy atom. The minimum Gasteiger partial charge on any atom is -0.392 e. The molecule has 1 amide bonds. The number of nitrogens with zero attached hydrogens (tertiary/aromatic N) is 2. The summed E-state index contributed by atoms with van der Waals surface area (Å²) in [5.74, 6) is -0.115. The van der Waals surface area contributed by atoms with E-state index in [4.69, 9.17) is 0 Å². The number of rotatable bonds is 5. The molecule has 2 heterocycles. The van der Waals surface area contributed by atoms with Crippen molar-refractivity contribution in [2.24, 2.45) is 0 Å². The molecule has 4 rings (SSSR count). The Labute approximate surface area is 167 Å². The third kappa shape index (κ3) is 4.27. The summed E-state index contributed by atoms with van der Waals surface area (Å²) in [6, 6.07) is 20.3. The number of amides is 1. The normalized spacial score (nSPS) is 23.3. The van der Waals surface area contributed by atoms with E-state index in [0.717, 1.165) is 50.3 Å². The van der Waals surface area contributed by atoms with Crippen LogP contribution in [0.25, 0.3) is 0 Å². The van der Waals surface area contributed by atoms with Gasteiger partial charge in [-0.1, -0.05) is 60.7 Å². The average Bonchev–Trinajstić information content (AvgIpc) is 3.15. The maximum atomic E-state index is 13.8. The first-order valence-electron chi connectivity index (χ1n) is 10.2. The van der Waals surface area contributed by atoms with Gasteiger partial charge >= 0.3 is 0 Å². The van der Waals surface area contributed by atoms with E-state index in [0.29, 0.717) is 6.54 Å². The number of aliphatic hydroxyl groups is 1. The number of carbonyl (C=O) groups is 1. The lowest BCUT2D eigenvalue weighted by Crippen LogP contribution is -2.58. The van der Waals surface area contributed by atoms with Crippen LogP contribution in [0, 0.1) is 0 Å². The van der Waals surface area contributed by atoms with Crippen molar-refractivity contribution in [2.45, 2.75) is 24.5 Å². The molecule has 148 valence electrons. The monoisotopic (exact) mass is 379 g/mol. The number of hydrogen-bond donors (Lipinski definition) is 2. The summed E-state index contributed by atoms with van der Waals surface area (Å²) in [6.07, 6.45) is 0.590. The van der Waals surface area contributed by atoms with E-state index in [-0.39, 0.29) is 24.0 Å². The SMILES string of the molecule is O=C(C(c1ccccc1)c1ccccc1)N1CCNCC1CN1CC[C@H](O)C1. The number of nitrogens with one attached hydrogen (secondary N) is 1. The first kappa shape index (κ1) is 19.1. The molecular weight excluding hydrogens is 350 g/mol. The molecule has 0 aromatic heterocycles. The Balaban J connectivity index is 1.59. The molecule has 2 saturated heterocycles. The van der Waals surface area contributed by atoms with Gasteiger partial charge in [-0.05, 0) is 17.5 Å². The highest BCUT2D eigenvalue weighted by molar-refractivity contribution is 5.87. The first-order chi connectivity index (χ1) is 13.7. The van der Waals surface area contributed by atoms with Gasteiger partial charge in [0.25, 0.3) is 0 Å². The fourth-order valence-corrected chi connectivity index (χ4v) is 4.42. The van der Waals surface area contributed by atoms with E-state index in [1.165, 1.54) is 0 Å². The van der Waals surface area contributed by atoms with Crippen molar-refractivity contribution in [1.82, 2.24) is 15.1 Å². The molecule has 2 aliphatic heterocycles. The van der Waals surface area contributed by atoms with Crippen LogP contribution in [-0.4, -0.2) is 72.2 Å². The Bertz CT molecular complexity index is 728. The molecular formula is C23H29N3O2. The topological polar surface area (TPSA) is 55.8 Å². The van der Waals surface area contributed by atoms with Crippen LogP contribution in [0.4, 0.5) is 0 Å². The zero-order valence-corrected chi connectivity index (χ0v) is 16.2. The predicted octanol–water partition coefficient (Wildman–Crippen LogP) is 1.69. The van der Waals surface area contributed by atoms with E-state index >= 15 is 0 Å². The number of hydrogen-bond acceptors (Lipinski definition) is 4. The van der Waals surface area contributed by atoms with Crippen molar-refractivity contribution in [3.63, 3.8) is 0 Å². The number of β-amino-alcohol motifs (C(OH)–C–C–N with tert-alkyl or cyclic N) is 1. The lowest BCUT2D eigenvalue weighted by molar-refractivity contribution is -0.135.